The molecule has 3 nitrogen and oxygen atoms in total. The van der Waals surface area contributed by atoms with Gasteiger partial charge in [0.05, 0.1) is 28.4 Å². The molecule has 0 unspecified atom stereocenters. The van der Waals surface area contributed by atoms with Gasteiger partial charge in [0.25, 0.3) is 0 Å². The third kappa shape index (κ3) is 6.26. The SMILES string of the molecule is CC(C)OP(=O)(OC(C)C)C([Si](C)(C)C)[Si](C)(C)C. The van der Waals surface area contributed by atoms with Crippen LogP contribution in [0, 0.1) is 0 Å². The van der Waals surface area contributed by atoms with Crippen molar-refractivity contribution in [3.8, 4) is 0 Å². The fourth-order valence-electron chi connectivity index (χ4n) is 2.98. The molecule has 0 N–H and O–H groups in total. The lowest BCUT2D eigenvalue weighted by Gasteiger charge is -2.43. The minimum atomic E-state index is -3.06. The van der Waals surface area contributed by atoms with Gasteiger partial charge >= 0.3 is 7.60 Å². The van der Waals surface area contributed by atoms with E-state index < -0.39 is 23.7 Å². The molecule has 0 aromatic rings. The highest BCUT2D eigenvalue weighted by Crippen LogP contribution is 2.60. The lowest BCUT2D eigenvalue weighted by Crippen LogP contribution is -2.54. The van der Waals surface area contributed by atoms with Crippen molar-refractivity contribution in [3.63, 3.8) is 0 Å². The quantitative estimate of drug-likeness (QED) is 0.480. The van der Waals surface area contributed by atoms with Gasteiger partial charge in [-0.25, -0.2) is 0 Å². The molecular weight excluding hydrogens is 291 g/mol. The minimum Gasteiger partial charge on any atom is -0.306 e. The van der Waals surface area contributed by atoms with Gasteiger partial charge in [-0.15, -0.1) is 0 Å². The topological polar surface area (TPSA) is 35.5 Å². The van der Waals surface area contributed by atoms with Gasteiger partial charge in [-0.05, 0) is 27.7 Å². The molecular formula is C13H33O3PSi2. The van der Waals surface area contributed by atoms with E-state index in [1.54, 1.807) is 0 Å². The Morgan fingerprint density at radius 3 is 1.16 bits per heavy atom. The summed E-state index contributed by atoms with van der Waals surface area (Å²) < 4.78 is 25.2. The van der Waals surface area contributed by atoms with Gasteiger partial charge in [-0.1, -0.05) is 39.3 Å². The Kier molecular flexibility index (Phi) is 6.77. The molecule has 0 fully saturated rings. The molecule has 0 bridgehead atoms. The maximum atomic E-state index is 13.5. The molecule has 0 amide bonds. The van der Waals surface area contributed by atoms with Crippen LogP contribution in [0.25, 0.3) is 0 Å². The summed E-state index contributed by atoms with van der Waals surface area (Å²) >= 11 is 0. The van der Waals surface area contributed by atoms with Crippen LogP contribution >= 0.6 is 7.60 Å². The zero-order valence-corrected chi connectivity index (χ0v) is 17.3. The van der Waals surface area contributed by atoms with Crippen molar-refractivity contribution in [1.29, 1.82) is 0 Å². The summed E-state index contributed by atoms with van der Waals surface area (Å²) in [5.41, 5.74) is 0. The summed E-state index contributed by atoms with van der Waals surface area (Å²) in [5, 5.41) is 0. The van der Waals surface area contributed by atoms with Crippen LogP contribution in [0.5, 0.6) is 0 Å². The predicted molar refractivity (Wildman–Crippen MR) is 90.5 cm³/mol. The molecule has 0 radical (unpaired) electrons. The van der Waals surface area contributed by atoms with E-state index in [4.69, 9.17) is 9.05 Å². The Hall–Kier alpha value is 0.584. The Morgan fingerprint density at radius 2 is 1.00 bits per heavy atom. The Morgan fingerprint density at radius 1 is 0.737 bits per heavy atom. The van der Waals surface area contributed by atoms with Gasteiger partial charge in [-0.3, -0.25) is 4.57 Å². The maximum Gasteiger partial charge on any atom is 0.328 e. The van der Waals surface area contributed by atoms with E-state index >= 15 is 0 Å². The molecule has 0 aromatic carbocycles. The molecule has 0 aromatic heterocycles. The predicted octanol–water partition coefficient (Wildman–Crippen LogP) is 5.15. The molecule has 6 heteroatoms. The molecule has 0 spiro atoms. The number of rotatable bonds is 7. The van der Waals surface area contributed by atoms with Crippen LogP contribution in [0.2, 0.25) is 39.3 Å². The van der Waals surface area contributed by atoms with Gasteiger partial charge in [-0.2, -0.15) is 0 Å². The van der Waals surface area contributed by atoms with Crippen LogP contribution in [0.15, 0.2) is 0 Å². The van der Waals surface area contributed by atoms with Crippen molar-refractivity contribution in [2.24, 2.45) is 0 Å². The van der Waals surface area contributed by atoms with Gasteiger partial charge in [0, 0.05) is 4.91 Å². The summed E-state index contributed by atoms with van der Waals surface area (Å²) in [6.45, 7) is 21.4. The smallest absolute Gasteiger partial charge is 0.306 e. The van der Waals surface area contributed by atoms with Crippen LogP contribution in [-0.2, 0) is 13.6 Å². The molecule has 0 aliphatic heterocycles. The number of hydrogen-bond acceptors (Lipinski definition) is 3. The van der Waals surface area contributed by atoms with Gasteiger partial charge in [0.2, 0.25) is 0 Å². The first kappa shape index (κ1) is 19.6. The van der Waals surface area contributed by atoms with E-state index in [-0.39, 0.29) is 17.1 Å². The molecule has 0 saturated carbocycles. The third-order valence-electron chi connectivity index (χ3n) is 2.67. The van der Waals surface area contributed by atoms with E-state index in [0.717, 1.165) is 0 Å². The van der Waals surface area contributed by atoms with E-state index in [9.17, 15) is 4.57 Å². The van der Waals surface area contributed by atoms with E-state index in [1.165, 1.54) is 0 Å². The fourth-order valence-corrected chi connectivity index (χ4v) is 23.2. The standard InChI is InChI=1S/C13H33O3PSi2/c1-11(2)15-17(14,16-12(3)4)13(18(5,6)7)19(8,9)10/h11-13H,1-10H3. The zero-order valence-electron chi connectivity index (χ0n) is 14.4. The first-order chi connectivity index (χ1) is 8.20. The van der Waals surface area contributed by atoms with E-state index in [0.29, 0.717) is 0 Å². The second kappa shape index (κ2) is 6.57. The van der Waals surface area contributed by atoms with Crippen molar-refractivity contribution in [2.75, 3.05) is 0 Å². The second-order valence-corrected chi connectivity index (χ2v) is 22.2. The molecule has 0 saturated heterocycles. The Bertz CT molecular complexity index is 302. The molecule has 116 valence electrons. The van der Waals surface area contributed by atoms with Crippen LogP contribution in [-0.4, -0.2) is 33.3 Å². The summed E-state index contributed by atoms with van der Waals surface area (Å²) in [4.78, 5) is 0.122. The Labute approximate surface area is 122 Å². The molecule has 19 heavy (non-hydrogen) atoms. The summed E-state index contributed by atoms with van der Waals surface area (Å²) in [6.07, 6.45) is -0.139. The highest BCUT2D eigenvalue weighted by Gasteiger charge is 2.52. The van der Waals surface area contributed by atoms with Crippen molar-refractivity contribution in [1.82, 2.24) is 0 Å². The molecule has 0 aliphatic carbocycles. The van der Waals surface area contributed by atoms with Crippen molar-refractivity contribution in [2.45, 2.75) is 84.1 Å². The van der Waals surface area contributed by atoms with Crippen LogP contribution in [0.4, 0.5) is 0 Å². The maximum absolute atomic E-state index is 13.5. The van der Waals surface area contributed by atoms with Crippen molar-refractivity contribution >= 4 is 23.7 Å². The largest absolute Gasteiger partial charge is 0.328 e. The lowest BCUT2D eigenvalue weighted by atomic mass is 10.5. The zero-order chi connectivity index (χ0) is 15.6. The average molecular weight is 325 g/mol. The van der Waals surface area contributed by atoms with Gasteiger partial charge < -0.3 is 9.05 Å². The molecule has 0 rings (SSSR count). The Balaban J connectivity index is 5.70. The van der Waals surface area contributed by atoms with Crippen LogP contribution < -0.4 is 0 Å². The second-order valence-electron chi connectivity index (χ2n) is 7.98. The normalized spacial score (nSPS) is 14.8. The number of hydrogen-bond donors (Lipinski definition) is 0. The van der Waals surface area contributed by atoms with Crippen molar-refractivity contribution < 1.29 is 13.6 Å². The highest BCUT2D eigenvalue weighted by atomic mass is 31.2. The average Bonchev–Trinajstić information content (AvgIpc) is 1.90. The molecule has 0 heterocycles. The molecule has 0 atom stereocenters. The van der Waals surface area contributed by atoms with Crippen molar-refractivity contribution in [3.05, 3.63) is 0 Å². The molecule has 0 aliphatic rings. The first-order valence-electron chi connectivity index (χ1n) is 7.16. The van der Waals surface area contributed by atoms with Crippen LogP contribution in [0.1, 0.15) is 27.7 Å². The van der Waals surface area contributed by atoms with Crippen LogP contribution in [0.3, 0.4) is 0 Å². The van der Waals surface area contributed by atoms with Gasteiger partial charge in [0.1, 0.15) is 0 Å². The summed E-state index contributed by atoms with van der Waals surface area (Å²) in [6, 6.07) is 0. The monoisotopic (exact) mass is 324 g/mol. The first-order valence-corrected chi connectivity index (χ1v) is 15.9. The van der Waals surface area contributed by atoms with E-state index in [2.05, 4.69) is 39.3 Å². The lowest BCUT2D eigenvalue weighted by molar-refractivity contribution is 0.143. The summed E-state index contributed by atoms with van der Waals surface area (Å²) in [7, 11) is -6.35. The van der Waals surface area contributed by atoms with Gasteiger partial charge in [0.15, 0.2) is 0 Å². The van der Waals surface area contributed by atoms with E-state index in [1.807, 2.05) is 27.7 Å². The highest BCUT2D eigenvalue weighted by molar-refractivity contribution is 7.62. The minimum absolute atomic E-state index is 0.0696. The fraction of sp³-hybridized carbons (Fsp3) is 1.00. The third-order valence-corrected chi connectivity index (χ3v) is 19.8. The summed E-state index contributed by atoms with van der Waals surface area (Å²) in [5.74, 6) is 0.